The quantitative estimate of drug-likeness (QED) is 0.449. The van der Waals surface area contributed by atoms with Gasteiger partial charge in [0.15, 0.2) is 0 Å². The van der Waals surface area contributed by atoms with Crippen molar-refractivity contribution in [3.63, 3.8) is 0 Å². The van der Waals surface area contributed by atoms with E-state index >= 15 is 0 Å². The first-order valence-electron chi connectivity index (χ1n) is 11.5. The second-order valence-corrected chi connectivity index (χ2v) is 9.67. The van der Waals surface area contributed by atoms with Gasteiger partial charge in [-0.1, -0.05) is 42.5 Å². The van der Waals surface area contributed by atoms with E-state index < -0.39 is 17.0 Å². The van der Waals surface area contributed by atoms with Gasteiger partial charge in [0, 0.05) is 13.1 Å². The molecule has 0 saturated carbocycles. The number of likely N-dealkylation sites (tertiary alicyclic amines) is 1. The summed E-state index contributed by atoms with van der Waals surface area (Å²) in [5.41, 5.74) is 0.920. The summed E-state index contributed by atoms with van der Waals surface area (Å²) in [6, 6.07) is 16.6. The van der Waals surface area contributed by atoms with Crippen LogP contribution in [0.1, 0.15) is 55.1 Å². The minimum absolute atomic E-state index is 0.193. The molecule has 0 aromatic heterocycles. The van der Waals surface area contributed by atoms with Crippen molar-refractivity contribution < 1.29 is 28.6 Å². The highest BCUT2D eigenvalue weighted by molar-refractivity contribution is 5.89. The van der Waals surface area contributed by atoms with E-state index in [4.69, 9.17) is 14.2 Å². The summed E-state index contributed by atoms with van der Waals surface area (Å²) in [6.07, 6.45) is 0.989. The van der Waals surface area contributed by atoms with Crippen LogP contribution in [0.4, 0.5) is 4.79 Å². The molecule has 0 N–H and O–H groups in total. The summed E-state index contributed by atoms with van der Waals surface area (Å²) in [5.74, 6) is -0.688. The lowest BCUT2D eigenvalue weighted by Crippen LogP contribution is -2.49. The van der Waals surface area contributed by atoms with Crippen molar-refractivity contribution in [2.75, 3.05) is 20.2 Å². The molecule has 0 unspecified atom stereocenters. The smallest absolute Gasteiger partial charge is 0.410 e. The van der Waals surface area contributed by atoms with Gasteiger partial charge in [-0.2, -0.15) is 0 Å². The molecule has 1 fully saturated rings. The molecule has 3 rings (SSSR count). The van der Waals surface area contributed by atoms with Gasteiger partial charge in [0.1, 0.15) is 12.2 Å². The molecule has 0 radical (unpaired) electrons. The predicted molar refractivity (Wildman–Crippen MR) is 127 cm³/mol. The van der Waals surface area contributed by atoms with Crippen LogP contribution in [0.2, 0.25) is 0 Å². The first-order chi connectivity index (χ1) is 16.1. The Morgan fingerprint density at radius 2 is 1.53 bits per heavy atom. The lowest BCUT2D eigenvalue weighted by atomic mass is 9.73. The largest absolute Gasteiger partial charge is 0.465 e. The summed E-state index contributed by atoms with van der Waals surface area (Å²) >= 11 is 0. The summed E-state index contributed by atoms with van der Waals surface area (Å²) in [7, 11) is 1.34. The minimum Gasteiger partial charge on any atom is -0.465 e. The summed E-state index contributed by atoms with van der Waals surface area (Å²) in [6.45, 7) is 6.48. The molecule has 0 spiro atoms. The van der Waals surface area contributed by atoms with Crippen LogP contribution in [0.3, 0.4) is 0 Å². The Morgan fingerprint density at radius 3 is 2.09 bits per heavy atom. The third-order valence-electron chi connectivity index (χ3n) is 5.94. The topological polar surface area (TPSA) is 82.1 Å². The van der Waals surface area contributed by atoms with Crippen LogP contribution in [-0.4, -0.2) is 48.7 Å². The Kier molecular flexibility index (Phi) is 7.97. The molecule has 7 nitrogen and oxygen atoms in total. The van der Waals surface area contributed by atoms with Gasteiger partial charge in [0.25, 0.3) is 0 Å². The van der Waals surface area contributed by atoms with Crippen LogP contribution in [-0.2, 0) is 32.0 Å². The van der Waals surface area contributed by atoms with Gasteiger partial charge in [-0.05, 0) is 63.3 Å². The van der Waals surface area contributed by atoms with Gasteiger partial charge in [-0.3, -0.25) is 4.79 Å². The molecule has 34 heavy (non-hydrogen) atoms. The fourth-order valence-corrected chi connectivity index (χ4v) is 4.04. The third kappa shape index (κ3) is 6.59. The lowest BCUT2D eigenvalue weighted by molar-refractivity contribution is -0.160. The van der Waals surface area contributed by atoms with Crippen molar-refractivity contribution in [3.8, 4) is 0 Å². The van der Waals surface area contributed by atoms with Crippen LogP contribution < -0.4 is 0 Å². The van der Waals surface area contributed by atoms with E-state index in [0.717, 1.165) is 11.1 Å². The van der Waals surface area contributed by atoms with E-state index in [-0.39, 0.29) is 18.7 Å². The zero-order valence-corrected chi connectivity index (χ0v) is 20.3. The fourth-order valence-electron chi connectivity index (χ4n) is 4.04. The van der Waals surface area contributed by atoms with E-state index in [9.17, 15) is 14.4 Å². The van der Waals surface area contributed by atoms with Crippen LogP contribution >= 0.6 is 0 Å². The van der Waals surface area contributed by atoms with Crippen LogP contribution in [0.25, 0.3) is 0 Å². The van der Waals surface area contributed by atoms with E-state index in [1.165, 1.54) is 7.11 Å². The SMILES string of the molecule is COC(=O)c1ccc(CC2(C(=O)OCc3ccccc3)CCN(C(=O)OC(C)(C)C)CC2)cc1. The van der Waals surface area contributed by atoms with Crippen LogP contribution in [0.5, 0.6) is 0 Å². The second-order valence-electron chi connectivity index (χ2n) is 9.67. The van der Waals surface area contributed by atoms with Crippen molar-refractivity contribution >= 4 is 18.0 Å². The number of nitrogens with zero attached hydrogens (tertiary/aromatic N) is 1. The van der Waals surface area contributed by atoms with E-state index in [2.05, 4.69) is 0 Å². The monoisotopic (exact) mass is 467 g/mol. The van der Waals surface area contributed by atoms with Gasteiger partial charge in [0.2, 0.25) is 0 Å². The molecule has 1 aliphatic rings. The van der Waals surface area contributed by atoms with Crippen molar-refractivity contribution in [3.05, 3.63) is 71.3 Å². The fraction of sp³-hybridized carbons (Fsp3) is 0.444. The van der Waals surface area contributed by atoms with Crippen molar-refractivity contribution in [1.82, 2.24) is 4.90 Å². The first kappa shape index (κ1) is 25.3. The molecule has 2 aromatic rings. The first-order valence-corrected chi connectivity index (χ1v) is 11.5. The average Bonchev–Trinajstić information content (AvgIpc) is 2.82. The number of methoxy groups -OCH3 is 1. The number of carbonyl (C=O) groups is 3. The molecule has 1 heterocycles. The van der Waals surface area contributed by atoms with Crippen molar-refractivity contribution in [2.24, 2.45) is 5.41 Å². The van der Waals surface area contributed by atoms with Gasteiger partial charge >= 0.3 is 18.0 Å². The van der Waals surface area contributed by atoms with Gasteiger partial charge in [0.05, 0.1) is 18.1 Å². The Bertz CT molecular complexity index is 986. The third-order valence-corrected chi connectivity index (χ3v) is 5.94. The zero-order chi connectivity index (χ0) is 24.8. The summed E-state index contributed by atoms with van der Waals surface area (Å²) in [4.78, 5) is 39.3. The molecule has 0 aliphatic carbocycles. The number of carbonyl (C=O) groups excluding carboxylic acids is 3. The summed E-state index contributed by atoms with van der Waals surface area (Å²) < 4.78 is 16.0. The molecule has 0 bridgehead atoms. The molecule has 1 amide bonds. The molecule has 1 saturated heterocycles. The second kappa shape index (κ2) is 10.7. The summed E-state index contributed by atoms with van der Waals surface area (Å²) in [5, 5.41) is 0. The molecule has 0 atom stereocenters. The maximum atomic E-state index is 13.4. The van der Waals surface area contributed by atoms with Gasteiger partial charge in [-0.25, -0.2) is 9.59 Å². The molecule has 7 heteroatoms. The maximum absolute atomic E-state index is 13.4. The van der Waals surface area contributed by atoms with E-state index in [1.54, 1.807) is 17.0 Å². The van der Waals surface area contributed by atoms with Gasteiger partial charge < -0.3 is 19.1 Å². The van der Waals surface area contributed by atoms with Crippen molar-refractivity contribution in [1.29, 1.82) is 0 Å². The Hall–Kier alpha value is -3.35. The Balaban J connectivity index is 1.75. The molecular weight excluding hydrogens is 434 g/mol. The number of amides is 1. The molecular formula is C27H33NO6. The highest BCUT2D eigenvalue weighted by atomic mass is 16.6. The van der Waals surface area contributed by atoms with E-state index in [0.29, 0.717) is 37.9 Å². The predicted octanol–water partition coefficient (Wildman–Crippen LogP) is 4.78. The molecule has 182 valence electrons. The number of hydrogen-bond acceptors (Lipinski definition) is 6. The molecule has 1 aliphatic heterocycles. The van der Waals surface area contributed by atoms with Crippen molar-refractivity contribution in [2.45, 2.75) is 52.2 Å². The van der Waals surface area contributed by atoms with Crippen LogP contribution in [0, 0.1) is 5.41 Å². The highest BCUT2D eigenvalue weighted by Crippen LogP contribution is 2.37. The number of rotatable bonds is 6. The highest BCUT2D eigenvalue weighted by Gasteiger charge is 2.44. The number of benzene rings is 2. The number of piperidine rings is 1. The average molecular weight is 468 g/mol. The minimum atomic E-state index is -0.778. The van der Waals surface area contributed by atoms with Crippen LogP contribution in [0.15, 0.2) is 54.6 Å². The Labute approximate surface area is 201 Å². The Morgan fingerprint density at radius 1 is 0.912 bits per heavy atom. The van der Waals surface area contributed by atoms with E-state index in [1.807, 2.05) is 63.2 Å². The zero-order valence-electron chi connectivity index (χ0n) is 20.3. The number of hydrogen-bond donors (Lipinski definition) is 0. The lowest BCUT2D eigenvalue weighted by Gasteiger charge is -2.40. The van der Waals surface area contributed by atoms with Gasteiger partial charge in [-0.15, -0.1) is 0 Å². The number of esters is 2. The number of ether oxygens (including phenoxy) is 3. The normalized spacial score (nSPS) is 15.4. The maximum Gasteiger partial charge on any atom is 0.410 e. The standard InChI is InChI=1S/C27H33NO6/c1-26(2,3)34-25(31)28-16-14-27(15-17-28,24(30)33-19-21-8-6-5-7-9-21)18-20-10-12-22(13-11-20)23(29)32-4/h5-13H,14-19H2,1-4H3. The molecule has 2 aromatic carbocycles.